The number of hydrogen-bond acceptors (Lipinski definition) is 5. The maximum Gasteiger partial charge on any atom is 0.263 e. The van der Waals surface area contributed by atoms with Gasteiger partial charge in [0.1, 0.15) is 0 Å². The molecule has 0 radical (unpaired) electrons. The van der Waals surface area contributed by atoms with E-state index in [4.69, 9.17) is 11.6 Å². The second kappa shape index (κ2) is 6.34. The molecule has 0 atom stereocenters. The molecule has 2 aromatic heterocycles. The Bertz CT molecular complexity index is 1120. The minimum Gasteiger partial charge on any atom is -0.321 e. The number of aromatic amines is 1. The molecule has 0 fully saturated rings. The van der Waals surface area contributed by atoms with Crippen LogP contribution in [-0.2, 0) is 7.05 Å². The van der Waals surface area contributed by atoms with Crippen molar-refractivity contribution < 1.29 is 0 Å². The van der Waals surface area contributed by atoms with Gasteiger partial charge >= 0.3 is 0 Å². The fourth-order valence-electron chi connectivity index (χ4n) is 2.64. The second-order valence-electron chi connectivity index (χ2n) is 5.40. The van der Waals surface area contributed by atoms with E-state index in [9.17, 15) is 4.79 Å². The number of benzene rings is 2. The summed E-state index contributed by atoms with van der Waals surface area (Å²) in [5, 5.41) is 13.4. The predicted molar refractivity (Wildman–Crippen MR) is 97.9 cm³/mol. The summed E-state index contributed by atoms with van der Waals surface area (Å²) >= 11 is 7.33. The number of nitrogens with zero attached hydrogens (tertiary/aromatic N) is 4. The molecule has 0 unspecified atom stereocenters. The highest BCUT2D eigenvalue weighted by Crippen LogP contribution is 2.37. The van der Waals surface area contributed by atoms with Crippen LogP contribution in [0.1, 0.15) is 0 Å². The topological polar surface area (TPSA) is 76.5 Å². The van der Waals surface area contributed by atoms with E-state index in [-0.39, 0.29) is 5.56 Å². The number of aromatic nitrogens is 5. The summed E-state index contributed by atoms with van der Waals surface area (Å²) in [6.45, 7) is 0. The molecule has 2 heterocycles. The minimum absolute atomic E-state index is 0.207. The maximum atomic E-state index is 12.8. The summed E-state index contributed by atoms with van der Waals surface area (Å²) in [5.41, 5.74) is 2.26. The molecule has 25 heavy (non-hydrogen) atoms. The van der Waals surface area contributed by atoms with E-state index in [0.717, 1.165) is 16.5 Å². The van der Waals surface area contributed by atoms with Crippen molar-refractivity contribution >= 4 is 34.3 Å². The van der Waals surface area contributed by atoms with E-state index in [0.29, 0.717) is 20.6 Å². The lowest BCUT2D eigenvalue weighted by atomic mass is 10.0. The van der Waals surface area contributed by atoms with Gasteiger partial charge in [-0.05, 0) is 39.9 Å². The van der Waals surface area contributed by atoms with Gasteiger partial charge in [-0.15, -0.1) is 5.10 Å². The molecule has 6 nitrogen and oxygen atoms in total. The quantitative estimate of drug-likeness (QED) is 0.598. The van der Waals surface area contributed by atoms with Gasteiger partial charge in [0.2, 0.25) is 5.16 Å². The first kappa shape index (κ1) is 15.9. The fraction of sp³-hybridized carbons (Fsp3) is 0.0588. The summed E-state index contributed by atoms with van der Waals surface area (Å²) in [7, 11) is 1.74. The molecule has 124 valence electrons. The van der Waals surface area contributed by atoms with Crippen LogP contribution in [0.3, 0.4) is 0 Å². The Morgan fingerprint density at radius 2 is 1.96 bits per heavy atom. The van der Waals surface area contributed by atoms with Gasteiger partial charge in [0.15, 0.2) is 0 Å². The number of fused-ring (bicyclic) bond motifs is 1. The molecule has 0 saturated heterocycles. The molecule has 0 saturated carbocycles. The van der Waals surface area contributed by atoms with Gasteiger partial charge in [-0.3, -0.25) is 4.79 Å². The molecule has 4 aromatic rings. The fourth-order valence-corrected chi connectivity index (χ4v) is 3.71. The van der Waals surface area contributed by atoms with Gasteiger partial charge in [0, 0.05) is 23.0 Å². The molecule has 1 N–H and O–H groups in total. The summed E-state index contributed by atoms with van der Waals surface area (Å²) in [6.07, 6.45) is 0. The zero-order valence-corrected chi connectivity index (χ0v) is 14.7. The lowest BCUT2D eigenvalue weighted by Crippen LogP contribution is -2.11. The smallest absolute Gasteiger partial charge is 0.263 e. The maximum absolute atomic E-state index is 12.8. The van der Waals surface area contributed by atoms with Crippen LogP contribution in [0.5, 0.6) is 0 Å². The van der Waals surface area contributed by atoms with Crippen molar-refractivity contribution in [2.45, 2.75) is 10.1 Å². The van der Waals surface area contributed by atoms with Crippen molar-refractivity contribution in [2.75, 3.05) is 0 Å². The summed E-state index contributed by atoms with van der Waals surface area (Å²) in [6, 6.07) is 15.2. The molecule has 0 bridgehead atoms. The largest absolute Gasteiger partial charge is 0.321 e. The van der Waals surface area contributed by atoms with E-state index in [1.807, 2.05) is 42.5 Å². The zero-order chi connectivity index (χ0) is 17.4. The van der Waals surface area contributed by atoms with Crippen molar-refractivity contribution in [2.24, 2.45) is 7.05 Å². The lowest BCUT2D eigenvalue weighted by molar-refractivity contribution is 0.664. The van der Waals surface area contributed by atoms with Gasteiger partial charge in [0.25, 0.3) is 5.56 Å². The highest BCUT2D eigenvalue weighted by molar-refractivity contribution is 7.99. The third kappa shape index (κ3) is 2.92. The average molecular weight is 370 g/mol. The number of rotatable bonds is 3. The van der Waals surface area contributed by atoms with Crippen molar-refractivity contribution in [3.63, 3.8) is 0 Å². The highest BCUT2D eigenvalue weighted by Gasteiger charge is 2.18. The van der Waals surface area contributed by atoms with Crippen LogP contribution >= 0.6 is 23.4 Å². The van der Waals surface area contributed by atoms with Crippen LogP contribution in [-0.4, -0.2) is 25.2 Å². The molecular weight excluding hydrogens is 358 g/mol. The number of H-pyrrole nitrogens is 1. The average Bonchev–Trinajstić information content (AvgIpc) is 3.01. The predicted octanol–water partition coefficient (Wildman–Crippen LogP) is 3.52. The first-order valence-corrected chi connectivity index (χ1v) is 8.64. The van der Waals surface area contributed by atoms with Crippen molar-refractivity contribution in [1.29, 1.82) is 0 Å². The monoisotopic (exact) mass is 369 g/mol. The number of nitrogens with one attached hydrogen (secondary N) is 1. The Kier molecular flexibility index (Phi) is 4.03. The summed E-state index contributed by atoms with van der Waals surface area (Å²) in [4.78, 5) is 16.2. The first-order valence-electron chi connectivity index (χ1n) is 7.44. The third-order valence-corrected chi connectivity index (χ3v) is 5.13. The Morgan fingerprint density at radius 3 is 2.68 bits per heavy atom. The van der Waals surface area contributed by atoms with Crippen LogP contribution in [0.25, 0.3) is 22.0 Å². The van der Waals surface area contributed by atoms with E-state index in [2.05, 4.69) is 20.5 Å². The van der Waals surface area contributed by atoms with E-state index < -0.39 is 0 Å². The number of tetrazole rings is 1. The molecule has 0 amide bonds. The second-order valence-corrected chi connectivity index (χ2v) is 6.82. The minimum atomic E-state index is -0.207. The van der Waals surface area contributed by atoms with Crippen molar-refractivity contribution in [3.05, 3.63) is 63.9 Å². The molecule has 8 heteroatoms. The van der Waals surface area contributed by atoms with Crippen LogP contribution in [0.15, 0.2) is 63.4 Å². The molecule has 4 rings (SSSR count). The molecule has 0 aliphatic rings. The summed E-state index contributed by atoms with van der Waals surface area (Å²) < 4.78 is 1.53. The molecule has 0 spiro atoms. The van der Waals surface area contributed by atoms with Gasteiger partial charge in [-0.1, -0.05) is 48.0 Å². The van der Waals surface area contributed by atoms with Crippen molar-refractivity contribution in [3.8, 4) is 11.1 Å². The van der Waals surface area contributed by atoms with Crippen molar-refractivity contribution in [1.82, 2.24) is 25.2 Å². The SMILES string of the molecule is Cn1nnnc1Sc1c(-c2ccccc2)c2ccc(Cl)cc2[nH]c1=O. The molecule has 0 aliphatic carbocycles. The number of aryl methyl sites for hydroxylation is 1. The highest BCUT2D eigenvalue weighted by atomic mass is 35.5. The standard InChI is InChI=1S/C17H12ClN5OS/c1-23-17(20-21-22-23)25-15-14(10-5-3-2-4-6-10)12-8-7-11(18)9-13(12)19-16(15)24/h2-9H,1H3,(H,19,24). The zero-order valence-electron chi connectivity index (χ0n) is 13.1. The van der Waals surface area contributed by atoms with Crippen LogP contribution in [0, 0.1) is 0 Å². The Morgan fingerprint density at radius 1 is 1.16 bits per heavy atom. The van der Waals surface area contributed by atoms with Crippen LogP contribution in [0.4, 0.5) is 0 Å². The van der Waals surface area contributed by atoms with E-state index in [1.165, 1.54) is 16.4 Å². The van der Waals surface area contributed by atoms with E-state index in [1.54, 1.807) is 13.1 Å². The third-order valence-electron chi connectivity index (χ3n) is 3.77. The lowest BCUT2D eigenvalue weighted by Gasteiger charge is -2.12. The Labute approximate surface area is 151 Å². The molecule has 0 aliphatic heterocycles. The Balaban J connectivity index is 2.04. The van der Waals surface area contributed by atoms with E-state index >= 15 is 0 Å². The van der Waals surface area contributed by atoms with Crippen LogP contribution < -0.4 is 5.56 Å². The molecule has 2 aromatic carbocycles. The van der Waals surface area contributed by atoms with Crippen LogP contribution in [0.2, 0.25) is 5.02 Å². The van der Waals surface area contributed by atoms with Gasteiger partial charge in [0.05, 0.1) is 10.4 Å². The molecular formula is C17H12ClN5OS. The van der Waals surface area contributed by atoms with Gasteiger partial charge < -0.3 is 4.98 Å². The number of halogens is 1. The number of pyridine rings is 1. The normalized spacial score (nSPS) is 11.1. The first-order chi connectivity index (χ1) is 12.1. The van der Waals surface area contributed by atoms with Gasteiger partial charge in [-0.25, -0.2) is 4.68 Å². The Hall–Kier alpha value is -2.64. The van der Waals surface area contributed by atoms with Gasteiger partial charge in [-0.2, -0.15) is 0 Å². The number of hydrogen-bond donors (Lipinski definition) is 1. The summed E-state index contributed by atoms with van der Waals surface area (Å²) in [5.74, 6) is 0.